The molecule has 0 amide bonds. The second kappa shape index (κ2) is 5.83. The molecule has 6 heteroatoms. The molecule has 0 saturated carbocycles. The molecule has 2 atom stereocenters. The summed E-state index contributed by atoms with van der Waals surface area (Å²) in [5.74, 6) is 2.03. The van der Waals surface area contributed by atoms with Crippen molar-refractivity contribution in [2.24, 2.45) is 0 Å². The van der Waals surface area contributed by atoms with Crippen LogP contribution in [0.1, 0.15) is 29.7 Å². The summed E-state index contributed by atoms with van der Waals surface area (Å²) in [7, 11) is 1.66. The van der Waals surface area contributed by atoms with E-state index in [0.29, 0.717) is 31.2 Å². The summed E-state index contributed by atoms with van der Waals surface area (Å²) in [5, 5.41) is 13.9. The number of β-amino-alcohol motifs (C(OH)–C–C–N with tert-alkyl or cyclic N) is 1. The monoisotopic (exact) mass is 289 g/mol. The fraction of sp³-hybridized carbons (Fsp3) is 0.467. The molecule has 0 radical (unpaired) electrons. The minimum atomic E-state index is -0.339. The number of ether oxygens (including phenoxy) is 1. The van der Waals surface area contributed by atoms with E-state index in [4.69, 9.17) is 9.26 Å². The summed E-state index contributed by atoms with van der Waals surface area (Å²) < 4.78 is 10.3. The lowest BCUT2D eigenvalue weighted by molar-refractivity contribution is 0.170. The maximum atomic E-state index is 10.0. The van der Waals surface area contributed by atoms with E-state index in [1.165, 1.54) is 0 Å². The zero-order valence-electron chi connectivity index (χ0n) is 12.2. The lowest BCUT2D eigenvalue weighted by Crippen LogP contribution is -2.25. The molecular formula is C15H19N3O3. The van der Waals surface area contributed by atoms with Gasteiger partial charge < -0.3 is 14.4 Å². The van der Waals surface area contributed by atoms with Gasteiger partial charge in [0.15, 0.2) is 5.82 Å². The number of aliphatic hydroxyl groups is 1. The molecule has 1 aliphatic heterocycles. The van der Waals surface area contributed by atoms with Gasteiger partial charge in [-0.2, -0.15) is 4.98 Å². The summed E-state index contributed by atoms with van der Waals surface area (Å²) in [6, 6.07) is 8.09. The highest BCUT2D eigenvalue weighted by Gasteiger charge is 2.33. The van der Waals surface area contributed by atoms with Crippen molar-refractivity contribution in [3.05, 3.63) is 41.5 Å². The first-order valence-electron chi connectivity index (χ1n) is 7.01. The average molecular weight is 289 g/mol. The lowest BCUT2D eigenvalue weighted by Gasteiger charge is -2.23. The SMILES string of the molecule is COc1cccc([C@H]2C[C@H](O)CN2Cc2noc(C)n2)c1. The van der Waals surface area contributed by atoms with Crippen LogP contribution in [0, 0.1) is 6.92 Å². The van der Waals surface area contributed by atoms with E-state index in [1.807, 2.05) is 18.2 Å². The average Bonchev–Trinajstić information content (AvgIpc) is 3.05. The van der Waals surface area contributed by atoms with Crippen LogP contribution in [-0.2, 0) is 6.54 Å². The Kier molecular flexibility index (Phi) is 3.90. The molecule has 3 rings (SSSR count). The highest BCUT2D eigenvalue weighted by molar-refractivity contribution is 5.31. The number of hydrogen-bond donors (Lipinski definition) is 1. The second-order valence-electron chi connectivity index (χ2n) is 5.34. The van der Waals surface area contributed by atoms with Crippen molar-refractivity contribution >= 4 is 0 Å². The second-order valence-corrected chi connectivity index (χ2v) is 5.34. The van der Waals surface area contributed by atoms with Gasteiger partial charge in [-0.25, -0.2) is 0 Å². The van der Waals surface area contributed by atoms with Gasteiger partial charge >= 0.3 is 0 Å². The first-order valence-corrected chi connectivity index (χ1v) is 7.01. The number of aliphatic hydroxyl groups excluding tert-OH is 1. The van der Waals surface area contributed by atoms with Crippen molar-refractivity contribution in [3.8, 4) is 5.75 Å². The van der Waals surface area contributed by atoms with Crippen LogP contribution in [0.3, 0.4) is 0 Å². The molecule has 6 nitrogen and oxygen atoms in total. The molecule has 21 heavy (non-hydrogen) atoms. The van der Waals surface area contributed by atoms with E-state index >= 15 is 0 Å². The maximum Gasteiger partial charge on any atom is 0.223 e. The van der Waals surface area contributed by atoms with E-state index < -0.39 is 0 Å². The van der Waals surface area contributed by atoms with Crippen LogP contribution in [0.5, 0.6) is 5.75 Å². The molecule has 1 aromatic heterocycles. The zero-order chi connectivity index (χ0) is 14.8. The third kappa shape index (κ3) is 3.06. The number of likely N-dealkylation sites (tertiary alicyclic amines) is 1. The van der Waals surface area contributed by atoms with Gasteiger partial charge in [0.2, 0.25) is 5.89 Å². The number of aromatic nitrogens is 2. The fourth-order valence-electron chi connectivity index (χ4n) is 2.84. The van der Waals surface area contributed by atoms with Crippen LogP contribution in [0.15, 0.2) is 28.8 Å². The first-order chi connectivity index (χ1) is 10.2. The van der Waals surface area contributed by atoms with Crippen molar-refractivity contribution in [2.75, 3.05) is 13.7 Å². The van der Waals surface area contributed by atoms with Crippen molar-refractivity contribution in [1.82, 2.24) is 15.0 Å². The van der Waals surface area contributed by atoms with Gasteiger partial charge in [-0.3, -0.25) is 4.90 Å². The Morgan fingerprint density at radius 3 is 3.05 bits per heavy atom. The molecular weight excluding hydrogens is 270 g/mol. The molecule has 112 valence electrons. The summed E-state index contributed by atoms with van der Waals surface area (Å²) in [5.41, 5.74) is 1.13. The summed E-state index contributed by atoms with van der Waals surface area (Å²) in [4.78, 5) is 6.41. The normalized spacial score (nSPS) is 22.6. The first kappa shape index (κ1) is 14.0. The van der Waals surface area contributed by atoms with Crippen LogP contribution in [-0.4, -0.2) is 39.9 Å². The van der Waals surface area contributed by atoms with Gasteiger partial charge in [0.05, 0.1) is 19.8 Å². The minimum Gasteiger partial charge on any atom is -0.497 e. The molecule has 1 aromatic carbocycles. The molecule has 0 aliphatic carbocycles. The topological polar surface area (TPSA) is 71.6 Å². The number of hydrogen-bond acceptors (Lipinski definition) is 6. The fourth-order valence-corrected chi connectivity index (χ4v) is 2.84. The molecule has 2 aromatic rings. The van der Waals surface area contributed by atoms with Gasteiger partial charge in [0.1, 0.15) is 5.75 Å². The van der Waals surface area contributed by atoms with Crippen LogP contribution >= 0.6 is 0 Å². The number of benzene rings is 1. The number of aryl methyl sites for hydroxylation is 1. The van der Waals surface area contributed by atoms with Crippen LogP contribution < -0.4 is 4.74 Å². The quantitative estimate of drug-likeness (QED) is 0.923. The van der Waals surface area contributed by atoms with Gasteiger partial charge in [0.25, 0.3) is 0 Å². The smallest absolute Gasteiger partial charge is 0.223 e. The highest BCUT2D eigenvalue weighted by atomic mass is 16.5. The van der Waals surface area contributed by atoms with Crippen LogP contribution in [0.4, 0.5) is 0 Å². The third-order valence-electron chi connectivity index (χ3n) is 3.77. The standard InChI is InChI=1S/C15H19N3O3/c1-10-16-15(17-21-10)9-18-8-12(19)7-14(18)11-4-3-5-13(6-11)20-2/h3-6,12,14,19H,7-9H2,1-2H3/t12-,14+/m0/s1. The van der Waals surface area contributed by atoms with Crippen molar-refractivity contribution in [1.29, 1.82) is 0 Å². The molecule has 0 spiro atoms. The Hall–Kier alpha value is -1.92. The Labute approximate surface area is 123 Å². The van der Waals surface area contributed by atoms with Crippen molar-refractivity contribution < 1.29 is 14.4 Å². The van der Waals surface area contributed by atoms with Gasteiger partial charge in [-0.1, -0.05) is 17.3 Å². The van der Waals surface area contributed by atoms with Gasteiger partial charge in [-0.05, 0) is 24.1 Å². The lowest BCUT2D eigenvalue weighted by atomic mass is 10.0. The Morgan fingerprint density at radius 2 is 2.33 bits per heavy atom. The Morgan fingerprint density at radius 1 is 1.48 bits per heavy atom. The molecule has 2 heterocycles. The van der Waals surface area contributed by atoms with E-state index in [-0.39, 0.29) is 12.1 Å². The Balaban J connectivity index is 1.81. The summed E-state index contributed by atoms with van der Waals surface area (Å²) in [6.45, 7) is 2.95. The molecule has 1 N–H and O–H groups in total. The highest BCUT2D eigenvalue weighted by Crippen LogP contribution is 2.34. The minimum absolute atomic E-state index is 0.133. The molecule has 1 fully saturated rings. The number of rotatable bonds is 4. The predicted molar refractivity (Wildman–Crippen MR) is 75.8 cm³/mol. The van der Waals surface area contributed by atoms with E-state index in [0.717, 1.165) is 11.3 Å². The molecule has 1 aliphatic rings. The number of methoxy groups -OCH3 is 1. The zero-order valence-corrected chi connectivity index (χ0v) is 12.2. The number of nitrogens with zero attached hydrogens (tertiary/aromatic N) is 3. The molecule has 0 unspecified atom stereocenters. The van der Waals surface area contributed by atoms with Gasteiger partial charge in [0, 0.05) is 19.5 Å². The van der Waals surface area contributed by atoms with Crippen molar-refractivity contribution in [3.63, 3.8) is 0 Å². The Bertz CT molecular complexity index is 614. The van der Waals surface area contributed by atoms with Gasteiger partial charge in [-0.15, -0.1) is 0 Å². The van der Waals surface area contributed by atoms with E-state index in [1.54, 1.807) is 14.0 Å². The van der Waals surface area contributed by atoms with E-state index in [2.05, 4.69) is 21.1 Å². The molecule has 1 saturated heterocycles. The van der Waals surface area contributed by atoms with Crippen LogP contribution in [0.25, 0.3) is 0 Å². The third-order valence-corrected chi connectivity index (χ3v) is 3.77. The van der Waals surface area contributed by atoms with E-state index in [9.17, 15) is 5.11 Å². The predicted octanol–water partition coefficient (Wildman–Crippen LogP) is 1.69. The van der Waals surface area contributed by atoms with Crippen LogP contribution in [0.2, 0.25) is 0 Å². The molecule has 0 bridgehead atoms. The maximum absolute atomic E-state index is 10.0. The summed E-state index contributed by atoms with van der Waals surface area (Å²) >= 11 is 0. The summed E-state index contributed by atoms with van der Waals surface area (Å²) in [6.07, 6.45) is 0.360. The largest absolute Gasteiger partial charge is 0.497 e. The van der Waals surface area contributed by atoms with Crippen molar-refractivity contribution in [2.45, 2.75) is 32.0 Å².